The van der Waals surface area contributed by atoms with Gasteiger partial charge in [0.1, 0.15) is 11.9 Å². The number of benzene rings is 1. The Bertz CT molecular complexity index is 965. The van der Waals surface area contributed by atoms with Gasteiger partial charge in [-0.05, 0) is 36.1 Å². The summed E-state index contributed by atoms with van der Waals surface area (Å²) >= 11 is 0. The van der Waals surface area contributed by atoms with E-state index in [1.165, 1.54) is 22.8 Å². The molecule has 3 amide bonds. The summed E-state index contributed by atoms with van der Waals surface area (Å²) in [5, 5.41) is 21.1. The van der Waals surface area contributed by atoms with Gasteiger partial charge in [-0.15, -0.1) is 0 Å². The Balaban J connectivity index is 1.53. The number of ether oxygens (including phenoxy) is 1. The van der Waals surface area contributed by atoms with Gasteiger partial charge in [-0.25, -0.2) is 9.18 Å². The van der Waals surface area contributed by atoms with Gasteiger partial charge in [0.25, 0.3) is 5.91 Å². The first-order valence-electron chi connectivity index (χ1n) is 10.1. The largest absolute Gasteiger partial charge is 0.442 e. The van der Waals surface area contributed by atoms with Crippen molar-refractivity contribution in [3.05, 3.63) is 35.2 Å². The van der Waals surface area contributed by atoms with Crippen molar-refractivity contribution in [3.63, 3.8) is 0 Å². The highest BCUT2D eigenvalue weighted by atomic mass is 19.1. The Morgan fingerprint density at radius 3 is 2.81 bits per heavy atom. The molecular weight excluding hydrogens is 409 g/mol. The second kappa shape index (κ2) is 8.27. The molecule has 166 valence electrons. The van der Waals surface area contributed by atoms with Crippen molar-refractivity contribution in [2.24, 2.45) is 0 Å². The molecule has 1 aromatic rings. The summed E-state index contributed by atoms with van der Waals surface area (Å²) < 4.78 is 20.3. The van der Waals surface area contributed by atoms with Crippen LogP contribution in [0.25, 0.3) is 5.57 Å². The first kappa shape index (κ1) is 21.3. The van der Waals surface area contributed by atoms with E-state index >= 15 is 0 Å². The molecular formula is C21H24FN3O6. The third-order valence-electron chi connectivity index (χ3n) is 5.94. The van der Waals surface area contributed by atoms with Crippen molar-refractivity contribution in [2.45, 2.75) is 38.0 Å². The average molecular weight is 433 g/mol. The van der Waals surface area contributed by atoms with E-state index in [2.05, 4.69) is 5.32 Å². The van der Waals surface area contributed by atoms with E-state index in [-0.39, 0.29) is 25.0 Å². The number of cyclic esters (lactones) is 1. The number of nitrogens with one attached hydrogen (secondary N) is 1. The highest BCUT2D eigenvalue weighted by Crippen LogP contribution is 2.41. The highest BCUT2D eigenvalue weighted by Gasteiger charge is 2.47. The maximum absolute atomic E-state index is 15.0. The molecule has 1 aromatic carbocycles. The van der Waals surface area contributed by atoms with E-state index in [1.807, 2.05) is 0 Å². The molecule has 2 unspecified atom stereocenters. The van der Waals surface area contributed by atoms with Crippen LogP contribution in [0.2, 0.25) is 0 Å². The molecule has 0 aliphatic carbocycles. The molecule has 0 bridgehead atoms. The lowest BCUT2D eigenvalue weighted by atomic mass is 9.95. The Hall–Kier alpha value is -2.98. The van der Waals surface area contributed by atoms with Crippen molar-refractivity contribution in [1.29, 1.82) is 0 Å². The Morgan fingerprint density at radius 2 is 2.16 bits per heavy atom. The highest BCUT2D eigenvalue weighted by molar-refractivity contribution is 5.94. The van der Waals surface area contributed by atoms with Crippen molar-refractivity contribution in [1.82, 2.24) is 10.2 Å². The Labute approximate surface area is 178 Å². The SMILES string of the molecule is CC(=O)NC[C@@H]1OC(=O)N2c3cc(F)c(C4=CCN(C(=O)C(O)CO)CC4)cc3CC12. The van der Waals surface area contributed by atoms with Crippen LogP contribution in [0.3, 0.4) is 0 Å². The molecule has 31 heavy (non-hydrogen) atoms. The van der Waals surface area contributed by atoms with E-state index in [0.29, 0.717) is 30.6 Å². The quantitative estimate of drug-likeness (QED) is 0.610. The lowest BCUT2D eigenvalue weighted by Gasteiger charge is -2.28. The number of anilines is 1. The van der Waals surface area contributed by atoms with Crippen LogP contribution in [-0.4, -0.2) is 77.5 Å². The summed E-state index contributed by atoms with van der Waals surface area (Å²) in [4.78, 5) is 38.4. The third kappa shape index (κ3) is 3.88. The summed E-state index contributed by atoms with van der Waals surface area (Å²) in [5.74, 6) is -1.25. The minimum Gasteiger partial charge on any atom is -0.442 e. The fourth-order valence-corrected chi connectivity index (χ4v) is 4.36. The average Bonchev–Trinajstić information content (AvgIpc) is 3.27. The molecule has 10 heteroatoms. The second-order valence-corrected chi connectivity index (χ2v) is 7.92. The first-order valence-corrected chi connectivity index (χ1v) is 10.1. The molecule has 3 heterocycles. The molecule has 0 aromatic heterocycles. The lowest BCUT2D eigenvalue weighted by Crippen LogP contribution is -2.42. The lowest BCUT2D eigenvalue weighted by molar-refractivity contribution is -0.141. The first-order chi connectivity index (χ1) is 14.8. The van der Waals surface area contributed by atoms with Crippen molar-refractivity contribution in [3.8, 4) is 0 Å². The van der Waals surface area contributed by atoms with Crippen molar-refractivity contribution in [2.75, 3.05) is 31.1 Å². The van der Waals surface area contributed by atoms with Gasteiger partial charge in [-0.1, -0.05) is 6.08 Å². The number of halogens is 1. The van der Waals surface area contributed by atoms with Gasteiger partial charge < -0.3 is 25.2 Å². The van der Waals surface area contributed by atoms with Gasteiger partial charge in [0.05, 0.1) is 24.9 Å². The molecule has 0 spiro atoms. The molecule has 4 rings (SSSR count). The molecule has 3 atom stereocenters. The van der Waals surface area contributed by atoms with Crippen LogP contribution in [0.1, 0.15) is 24.5 Å². The standard InChI is InChI=1S/C21H24FN3O6/c1-11(27)23-9-19-17-7-13-6-14(15(22)8-16(13)25(17)21(30)31-19)12-2-4-24(5-3-12)20(29)18(28)10-26/h2,6,8,17-19,26,28H,3-5,7,9-10H2,1H3,(H,23,27)/t17?,18?,19-/m0/s1. The van der Waals surface area contributed by atoms with E-state index in [0.717, 1.165) is 11.1 Å². The molecule has 9 nitrogen and oxygen atoms in total. The van der Waals surface area contributed by atoms with Crippen LogP contribution in [0.5, 0.6) is 0 Å². The zero-order valence-corrected chi connectivity index (χ0v) is 17.0. The van der Waals surface area contributed by atoms with Gasteiger partial charge >= 0.3 is 6.09 Å². The summed E-state index contributed by atoms with van der Waals surface area (Å²) in [5.41, 5.74) is 2.45. The van der Waals surface area contributed by atoms with Gasteiger partial charge in [0, 0.05) is 25.6 Å². The Kier molecular flexibility index (Phi) is 5.67. The van der Waals surface area contributed by atoms with E-state index in [9.17, 15) is 23.9 Å². The van der Waals surface area contributed by atoms with Crippen LogP contribution in [0, 0.1) is 5.82 Å². The number of fused-ring (bicyclic) bond motifs is 3. The Morgan fingerprint density at radius 1 is 1.39 bits per heavy atom. The van der Waals surface area contributed by atoms with Crippen molar-refractivity contribution < 1.29 is 33.7 Å². The number of nitrogens with zero attached hydrogens (tertiary/aromatic N) is 2. The molecule has 3 aliphatic rings. The van der Waals surface area contributed by atoms with E-state index in [1.54, 1.807) is 12.1 Å². The fourth-order valence-electron chi connectivity index (χ4n) is 4.36. The zero-order valence-electron chi connectivity index (χ0n) is 17.0. The van der Waals surface area contributed by atoms with Gasteiger partial charge in [0.2, 0.25) is 5.91 Å². The number of aliphatic hydroxyl groups excluding tert-OH is 2. The fraction of sp³-hybridized carbons (Fsp3) is 0.476. The molecule has 3 N–H and O–H groups in total. The van der Waals surface area contributed by atoms with Gasteiger partial charge in [0.15, 0.2) is 6.10 Å². The van der Waals surface area contributed by atoms with Crippen LogP contribution in [0.15, 0.2) is 18.2 Å². The normalized spacial score (nSPS) is 23.1. The van der Waals surface area contributed by atoms with Gasteiger partial charge in [-0.2, -0.15) is 0 Å². The summed E-state index contributed by atoms with van der Waals surface area (Å²) in [6.45, 7) is 1.45. The number of carbonyl (C=O) groups excluding carboxylic acids is 3. The molecule has 0 saturated carbocycles. The summed E-state index contributed by atoms with van der Waals surface area (Å²) in [7, 11) is 0. The number of amides is 3. The van der Waals surface area contributed by atoms with Crippen LogP contribution in [0.4, 0.5) is 14.9 Å². The topological polar surface area (TPSA) is 119 Å². The van der Waals surface area contributed by atoms with E-state index < -0.39 is 36.6 Å². The predicted molar refractivity (Wildman–Crippen MR) is 108 cm³/mol. The number of carbonyl (C=O) groups is 3. The van der Waals surface area contributed by atoms with Crippen LogP contribution in [-0.2, 0) is 20.7 Å². The van der Waals surface area contributed by atoms with Crippen LogP contribution >= 0.6 is 0 Å². The number of aliphatic hydroxyl groups is 2. The van der Waals surface area contributed by atoms with Crippen LogP contribution < -0.4 is 10.2 Å². The monoisotopic (exact) mass is 433 g/mol. The maximum atomic E-state index is 15.0. The third-order valence-corrected chi connectivity index (χ3v) is 5.94. The number of hydrogen-bond acceptors (Lipinski definition) is 6. The predicted octanol–water partition coefficient (Wildman–Crippen LogP) is 0.181. The molecule has 3 aliphatic heterocycles. The molecule has 1 saturated heterocycles. The van der Waals surface area contributed by atoms with Gasteiger partial charge in [-0.3, -0.25) is 14.5 Å². The zero-order chi connectivity index (χ0) is 22.3. The second-order valence-electron chi connectivity index (χ2n) is 7.92. The number of hydrogen-bond donors (Lipinski definition) is 3. The van der Waals surface area contributed by atoms with Crippen molar-refractivity contribution >= 4 is 29.2 Å². The molecule has 0 radical (unpaired) electrons. The smallest absolute Gasteiger partial charge is 0.415 e. The number of rotatable bonds is 5. The summed E-state index contributed by atoms with van der Waals surface area (Å²) in [6, 6.07) is 2.76. The minimum absolute atomic E-state index is 0.195. The van der Waals surface area contributed by atoms with E-state index in [4.69, 9.17) is 9.84 Å². The maximum Gasteiger partial charge on any atom is 0.415 e. The molecule has 1 fully saturated rings. The minimum atomic E-state index is -1.45. The summed E-state index contributed by atoms with van der Waals surface area (Å²) in [6.07, 6.45) is 0.103.